The molecule has 2 saturated heterocycles. The molecule has 2 atom stereocenters. The first-order valence-corrected chi connectivity index (χ1v) is 4.09. The monoisotopic (exact) mass is 186 g/mol. The Bertz CT molecular complexity index is 234. The van der Waals surface area contributed by atoms with E-state index in [1.165, 1.54) is 0 Å². The quantitative estimate of drug-likeness (QED) is 0.482. The molecule has 2 aliphatic rings. The zero-order valence-corrected chi connectivity index (χ0v) is 7.68. The summed E-state index contributed by atoms with van der Waals surface area (Å²) in [4.78, 5) is 14.7. The molecule has 0 saturated carbocycles. The molecule has 2 rings (SSSR count). The lowest BCUT2D eigenvalue weighted by atomic mass is 10.4. The van der Waals surface area contributed by atoms with Crippen molar-refractivity contribution in [2.24, 2.45) is 0 Å². The van der Waals surface area contributed by atoms with Crippen molar-refractivity contribution in [3.05, 3.63) is 0 Å². The zero-order chi connectivity index (χ0) is 8.88. The van der Waals surface area contributed by atoms with Crippen LogP contribution in [0.4, 0.5) is 4.79 Å². The van der Waals surface area contributed by atoms with Gasteiger partial charge in [0.2, 0.25) is 0 Å². The summed E-state index contributed by atoms with van der Waals surface area (Å²) in [5.41, 5.74) is 0. The van der Waals surface area contributed by atoms with Crippen molar-refractivity contribution in [1.29, 1.82) is 0 Å². The van der Waals surface area contributed by atoms with Crippen molar-refractivity contribution >= 4 is 23.4 Å². The van der Waals surface area contributed by atoms with Gasteiger partial charge in [-0.1, -0.05) is 0 Å². The minimum atomic E-state index is -0.133. The highest BCUT2D eigenvalue weighted by molar-refractivity contribution is 7.80. The average molecular weight is 186 g/mol. The standard InChI is InChI=1S/C6H10N4OS/c1-9-3-4(8-5(11)7-3)10(2)6(9)12/h3-4H,1-2H3,(H2,7,8,11). The molecule has 12 heavy (non-hydrogen) atoms. The number of nitrogens with one attached hydrogen (secondary N) is 2. The molecular weight excluding hydrogens is 176 g/mol. The highest BCUT2D eigenvalue weighted by Gasteiger charge is 2.45. The first kappa shape index (κ1) is 7.60. The summed E-state index contributed by atoms with van der Waals surface area (Å²) in [5, 5.41) is 6.29. The van der Waals surface area contributed by atoms with E-state index >= 15 is 0 Å². The normalized spacial score (nSPS) is 33.5. The van der Waals surface area contributed by atoms with Gasteiger partial charge in [0.25, 0.3) is 0 Å². The molecule has 2 unspecified atom stereocenters. The summed E-state index contributed by atoms with van der Waals surface area (Å²) >= 11 is 5.12. The summed E-state index contributed by atoms with van der Waals surface area (Å²) in [7, 11) is 3.74. The van der Waals surface area contributed by atoms with Crippen LogP contribution < -0.4 is 10.6 Å². The second kappa shape index (κ2) is 2.22. The van der Waals surface area contributed by atoms with Crippen LogP contribution in [0.1, 0.15) is 0 Å². The zero-order valence-electron chi connectivity index (χ0n) is 6.87. The molecule has 0 aromatic rings. The number of rotatable bonds is 0. The number of carbonyl (C=O) groups is 1. The highest BCUT2D eigenvalue weighted by Crippen LogP contribution is 2.19. The Kier molecular flexibility index (Phi) is 1.41. The van der Waals surface area contributed by atoms with E-state index in [1.54, 1.807) is 0 Å². The molecule has 2 heterocycles. The minimum absolute atomic E-state index is 0.0185. The maximum atomic E-state index is 10.9. The Morgan fingerprint density at radius 1 is 1.25 bits per heavy atom. The van der Waals surface area contributed by atoms with E-state index in [2.05, 4.69) is 10.6 Å². The minimum Gasteiger partial charge on any atom is -0.328 e. The number of amides is 2. The number of thiocarbonyl (C=S) groups is 1. The Hall–Kier alpha value is -1.04. The van der Waals surface area contributed by atoms with E-state index in [9.17, 15) is 4.79 Å². The fourth-order valence-corrected chi connectivity index (χ4v) is 1.80. The van der Waals surface area contributed by atoms with Crippen molar-refractivity contribution in [2.75, 3.05) is 14.1 Å². The molecule has 0 bridgehead atoms. The Labute approximate surface area is 75.7 Å². The summed E-state index contributed by atoms with van der Waals surface area (Å²) in [6.07, 6.45) is -0.0370. The molecule has 2 N–H and O–H groups in total. The van der Waals surface area contributed by atoms with Gasteiger partial charge in [0, 0.05) is 14.1 Å². The maximum absolute atomic E-state index is 10.9. The van der Waals surface area contributed by atoms with Gasteiger partial charge in [-0.25, -0.2) is 4.79 Å². The molecule has 66 valence electrons. The predicted octanol–water partition coefficient (Wildman–Crippen LogP) is -0.886. The summed E-state index contributed by atoms with van der Waals surface area (Å²) in [6, 6.07) is -0.133. The van der Waals surface area contributed by atoms with Gasteiger partial charge in [-0.2, -0.15) is 0 Å². The van der Waals surface area contributed by atoms with E-state index in [0.29, 0.717) is 0 Å². The van der Waals surface area contributed by atoms with Crippen molar-refractivity contribution in [3.8, 4) is 0 Å². The van der Waals surface area contributed by atoms with Gasteiger partial charge in [-0.15, -0.1) is 0 Å². The second-order valence-corrected chi connectivity index (χ2v) is 3.38. The number of hydrogen-bond acceptors (Lipinski definition) is 2. The molecule has 0 aromatic carbocycles. The Morgan fingerprint density at radius 3 is 2.08 bits per heavy atom. The number of carbonyl (C=O) groups excluding carboxylic acids is 1. The van der Waals surface area contributed by atoms with Gasteiger partial charge in [-0.3, -0.25) is 0 Å². The van der Waals surface area contributed by atoms with Crippen LogP contribution in [0.5, 0.6) is 0 Å². The number of fused-ring (bicyclic) bond motifs is 1. The van der Waals surface area contributed by atoms with Crippen molar-refractivity contribution in [3.63, 3.8) is 0 Å². The van der Waals surface area contributed by atoms with E-state index in [4.69, 9.17) is 12.2 Å². The number of hydrogen-bond donors (Lipinski definition) is 2. The molecule has 0 aromatic heterocycles. The van der Waals surface area contributed by atoms with Crippen LogP contribution in [0, 0.1) is 0 Å². The number of nitrogens with zero attached hydrogens (tertiary/aromatic N) is 2. The van der Waals surface area contributed by atoms with Gasteiger partial charge < -0.3 is 20.4 Å². The van der Waals surface area contributed by atoms with Crippen molar-refractivity contribution < 1.29 is 4.79 Å². The van der Waals surface area contributed by atoms with Crippen LogP contribution in [0.2, 0.25) is 0 Å². The summed E-state index contributed by atoms with van der Waals surface area (Å²) in [5.74, 6) is 0. The fourth-order valence-electron chi connectivity index (χ4n) is 1.57. The maximum Gasteiger partial charge on any atom is 0.318 e. The van der Waals surface area contributed by atoms with Crippen LogP contribution in [0.3, 0.4) is 0 Å². The van der Waals surface area contributed by atoms with Crippen LogP contribution in [0.25, 0.3) is 0 Å². The van der Waals surface area contributed by atoms with Crippen LogP contribution in [-0.4, -0.2) is 47.4 Å². The van der Waals surface area contributed by atoms with E-state index in [0.717, 1.165) is 5.11 Å². The van der Waals surface area contributed by atoms with E-state index < -0.39 is 0 Å². The van der Waals surface area contributed by atoms with Gasteiger partial charge >= 0.3 is 6.03 Å². The lowest BCUT2D eigenvalue weighted by Crippen LogP contribution is -2.41. The van der Waals surface area contributed by atoms with E-state index in [1.807, 2.05) is 23.9 Å². The van der Waals surface area contributed by atoms with Crippen LogP contribution >= 0.6 is 12.2 Å². The molecule has 6 heteroatoms. The second-order valence-electron chi connectivity index (χ2n) is 3.01. The molecular formula is C6H10N4OS. The number of urea groups is 1. The lowest BCUT2D eigenvalue weighted by Gasteiger charge is -2.17. The van der Waals surface area contributed by atoms with Crippen LogP contribution in [0.15, 0.2) is 0 Å². The molecule has 0 radical (unpaired) electrons. The molecule has 5 nitrogen and oxygen atoms in total. The first-order valence-electron chi connectivity index (χ1n) is 3.68. The van der Waals surface area contributed by atoms with Gasteiger partial charge in [0.1, 0.15) is 12.3 Å². The third-order valence-corrected chi connectivity index (χ3v) is 2.87. The molecule has 2 amide bonds. The van der Waals surface area contributed by atoms with Gasteiger partial charge in [0.15, 0.2) is 5.11 Å². The van der Waals surface area contributed by atoms with E-state index in [-0.39, 0.29) is 18.4 Å². The summed E-state index contributed by atoms with van der Waals surface area (Å²) in [6.45, 7) is 0. The molecule has 2 aliphatic heterocycles. The van der Waals surface area contributed by atoms with Gasteiger partial charge in [-0.05, 0) is 12.2 Å². The first-order chi connectivity index (χ1) is 5.61. The van der Waals surface area contributed by atoms with Gasteiger partial charge in [0.05, 0.1) is 0 Å². The largest absolute Gasteiger partial charge is 0.328 e. The topological polar surface area (TPSA) is 47.6 Å². The number of likely N-dealkylation sites (N-methyl/N-ethyl adjacent to an activating group) is 2. The Morgan fingerprint density at radius 2 is 1.67 bits per heavy atom. The predicted molar refractivity (Wildman–Crippen MR) is 47.4 cm³/mol. The third kappa shape index (κ3) is 0.781. The lowest BCUT2D eigenvalue weighted by molar-refractivity contribution is 0.243. The van der Waals surface area contributed by atoms with Crippen molar-refractivity contribution in [2.45, 2.75) is 12.3 Å². The highest BCUT2D eigenvalue weighted by atomic mass is 32.1. The Balaban J connectivity index is 2.26. The molecule has 2 fully saturated rings. The van der Waals surface area contributed by atoms with Crippen LogP contribution in [-0.2, 0) is 0 Å². The molecule has 0 spiro atoms. The summed E-state index contributed by atoms with van der Waals surface area (Å²) < 4.78 is 0. The smallest absolute Gasteiger partial charge is 0.318 e. The SMILES string of the molecule is CN1C(=S)N(C)C2NC(=O)NC21. The van der Waals surface area contributed by atoms with Crippen molar-refractivity contribution in [1.82, 2.24) is 20.4 Å². The molecule has 0 aliphatic carbocycles. The average Bonchev–Trinajstić information content (AvgIpc) is 2.49. The third-order valence-electron chi connectivity index (χ3n) is 2.29. The fraction of sp³-hybridized carbons (Fsp3) is 0.667.